The first-order chi connectivity index (χ1) is 11.0. The number of fused-ring (bicyclic) bond motifs is 1. The molecule has 23 heavy (non-hydrogen) atoms. The molecule has 5 heteroatoms. The molecule has 0 bridgehead atoms. The van der Waals surface area contributed by atoms with Gasteiger partial charge < -0.3 is 4.90 Å². The highest BCUT2D eigenvalue weighted by atomic mass is 32.2. The van der Waals surface area contributed by atoms with E-state index < -0.39 is 9.84 Å². The van der Waals surface area contributed by atoms with Crippen molar-refractivity contribution in [1.82, 2.24) is 4.90 Å². The van der Waals surface area contributed by atoms with Crippen LogP contribution in [0.25, 0.3) is 0 Å². The number of amides is 1. The molecule has 1 aliphatic heterocycles. The quantitative estimate of drug-likeness (QED) is 0.795. The van der Waals surface area contributed by atoms with Crippen molar-refractivity contribution in [2.24, 2.45) is 0 Å². The molecule has 0 N–H and O–H groups in total. The molecule has 3 rings (SSSR count). The van der Waals surface area contributed by atoms with Crippen molar-refractivity contribution in [1.29, 1.82) is 0 Å². The number of hydrogen-bond acceptors (Lipinski definition) is 3. The van der Waals surface area contributed by atoms with Crippen LogP contribution in [0.5, 0.6) is 0 Å². The second-order valence-corrected chi connectivity index (χ2v) is 8.72. The molecule has 4 nitrogen and oxygen atoms in total. The molecule has 124 valence electrons. The number of benzene rings is 1. The zero-order valence-electron chi connectivity index (χ0n) is 13.3. The maximum Gasteiger partial charge on any atom is 0.254 e. The molecule has 0 spiro atoms. The largest absolute Gasteiger partial charge is 0.331 e. The summed E-state index contributed by atoms with van der Waals surface area (Å²) in [6.45, 7) is 4.10. The Labute approximate surface area is 138 Å². The standard InChI is InChI=1S/C18H23NO3S/c1-2-10-19(17-9-11-23(21,22)13-17)18(20)16-8-7-14-5-3-4-6-15(14)12-16/h2,7-8,12,17H,1,3-6,9-11,13H2. The van der Waals surface area contributed by atoms with Crippen LogP contribution in [0.3, 0.4) is 0 Å². The lowest BCUT2D eigenvalue weighted by Crippen LogP contribution is -2.41. The average molecular weight is 333 g/mol. The minimum atomic E-state index is -3.02. The van der Waals surface area contributed by atoms with E-state index in [-0.39, 0.29) is 23.5 Å². The van der Waals surface area contributed by atoms with E-state index in [1.54, 1.807) is 11.0 Å². The minimum absolute atomic E-state index is 0.0670. The van der Waals surface area contributed by atoms with Crippen molar-refractivity contribution in [3.8, 4) is 0 Å². The van der Waals surface area contributed by atoms with Gasteiger partial charge in [-0.3, -0.25) is 4.79 Å². The molecular weight excluding hydrogens is 310 g/mol. The molecule has 1 fully saturated rings. The Bertz CT molecular complexity index is 724. The van der Waals surface area contributed by atoms with Crippen LogP contribution < -0.4 is 0 Å². The monoisotopic (exact) mass is 333 g/mol. The summed E-state index contributed by atoms with van der Waals surface area (Å²) in [6, 6.07) is 5.70. The molecule has 1 aromatic rings. The Morgan fingerprint density at radius 3 is 2.65 bits per heavy atom. The van der Waals surface area contributed by atoms with E-state index in [1.165, 1.54) is 24.0 Å². The van der Waals surface area contributed by atoms with Crippen molar-refractivity contribution in [2.45, 2.75) is 38.1 Å². The molecule has 1 unspecified atom stereocenters. The van der Waals surface area contributed by atoms with Gasteiger partial charge in [0.05, 0.1) is 11.5 Å². The van der Waals surface area contributed by atoms with Gasteiger partial charge in [0, 0.05) is 18.2 Å². The number of carbonyl (C=O) groups excluding carboxylic acids is 1. The van der Waals surface area contributed by atoms with Gasteiger partial charge in [-0.05, 0) is 55.4 Å². The van der Waals surface area contributed by atoms with Crippen LogP contribution in [-0.4, -0.2) is 43.3 Å². The third-order valence-corrected chi connectivity index (χ3v) is 6.58. The fourth-order valence-corrected chi connectivity index (χ4v) is 5.32. The summed E-state index contributed by atoms with van der Waals surface area (Å²) < 4.78 is 23.5. The predicted octanol–water partition coefficient (Wildman–Crippen LogP) is 2.38. The lowest BCUT2D eigenvalue weighted by Gasteiger charge is -2.27. The molecular formula is C18H23NO3S. The zero-order valence-corrected chi connectivity index (χ0v) is 14.1. The predicted molar refractivity (Wildman–Crippen MR) is 91.4 cm³/mol. The van der Waals surface area contributed by atoms with Crippen LogP contribution in [-0.2, 0) is 22.7 Å². The lowest BCUT2D eigenvalue weighted by atomic mass is 9.90. The second-order valence-electron chi connectivity index (χ2n) is 6.49. The Morgan fingerprint density at radius 1 is 1.26 bits per heavy atom. The zero-order chi connectivity index (χ0) is 16.4. The van der Waals surface area contributed by atoms with Gasteiger partial charge in [-0.15, -0.1) is 6.58 Å². The highest BCUT2D eigenvalue weighted by Crippen LogP contribution is 2.25. The molecule has 1 amide bonds. The van der Waals surface area contributed by atoms with E-state index in [0.717, 1.165) is 12.8 Å². The van der Waals surface area contributed by atoms with Crippen LogP contribution in [0.15, 0.2) is 30.9 Å². The van der Waals surface area contributed by atoms with Crippen molar-refractivity contribution < 1.29 is 13.2 Å². The van der Waals surface area contributed by atoms with E-state index in [9.17, 15) is 13.2 Å². The minimum Gasteiger partial charge on any atom is -0.331 e. The first kappa shape index (κ1) is 16.2. The summed E-state index contributed by atoms with van der Waals surface area (Å²) in [4.78, 5) is 14.6. The highest BCUT2D eigenvalue weighted by Gasteiger charge is 2.34. The van der Waals surface area contributed by atoms with Gasteiger partial charge in [-0.25, -0.2) is 8.42 Å². The Hall–Kier alpha value is -1.62. The van der Waals surface area contributed by atoms with Crippen LogP contribution in [0.1, 0.15) is 40.7 Å². The number of sulfone groups is 1. The van der Waals surface area contributed by atoms with Crippen LogP contribution in [0, 0.1) is 0 Å². The van der Waals surface area contributed by atoms with Crippen LogP contribution in [0.4, 0.5) is 0 Å². The van der Waals surface area contributed by atoms with Gasteiger partial charge in [-0.2, -0.15) is 0 Å². The topological polar surface area (TPSA) is 54.5 Å². The summed E-state index contributed by atoms with van der Waals surface area (Å²) in [7, 11) is -3.02. The molecule has 0 saturated carbocycles. The average Bonchev–Trinajstić information content (AvgIpc) is 2.91. The lowest BCUT2D eigenvalue weighted by molar-refractivity contribution is 0.0720. The van der Waals surface area contributed by atoms with E-state index in [0.29, 0.717) is 18.5 Å². The van der Waals surface area contributed by atoms with Gasteiger partial charge in [0.25, 0.3) is 5.91 Å². The number of carbonyl (C=O) groups is 1. The molecule has 1 atom stereocenters. The molecule has 2 aliphatic rings. The van der Waals surface area contributed by atoms with E-state index in [4.69, 9.17) is 0 Å². The molecule has 1 aliphatic carbocycles. The van der Waals surface area contributed by atoms with Crippen molar-refractivity contribution >= 4 is 15.7 Å². The fraction of sp³-hybridized carbons (Fsp3) is 0.500. The Kier molecular flexibility index (Phi) is 4.57. The third kappa shape index (κ3) is 3.50. The highest BCUT2D eigenvalue weighted by molar-refractivity contribution is 7.91. The van der Waals surface area contributed by atoms with E-state index in [1.807, 2.05) is 12.1 Å². The molecule has 1 saturated heterocycles. The van der Waals surface area contributed by atoms with Crippen molar-refractivity contribution in [3.63, 3.8) is 0 Å². The smallest absolute Gasteiger partial charge is 0.254 e. The summed E-state index contributed by atoms with van der Waals surface area (Å²) in [5, 5.41) is 0. The molecule has 0 aromatic heterocycles. The maximum atomic E-state index is 12.9. The van der Waals surface area contributed by atoms with E-state index >= 15 is 0 Å². The number of aryl methyl sites for hydroxylation is 2. The normalized spacial score (nSPS) is 22.3. The number of hydrogen-bond donors (Lipinski definition) is 0. The van der Waals surface area contributed by atoms with Gasteiger partial charge in [-0.1, -0.05) is 12.1 Å². The second kappa shape index (κ2) is 6.48. The van der Waals surface area contributed by atoms with Crippen LogP contribution >= 0.6 is 0 Å². The summed E-state index contributed by atoms with van der Waals surface area (Å²) in [5.41, 5.74) is 3.27. The fourth-order valence-electron chi connectivity index (χ4n) is 3.59. The maximum absolute atomic E-state index is 12.9. The molecule has 1 aromatic carbocycles. The van der Waals surface area contributed by atoms with Crippen molar-refractivity contribution in [2.75, 3.05) is 18.1 Å². The van der Waals surface area contributed by atoms with Crippen molar-refractivity contribution in [3.05, 3.63) is 47.5 Å². The van der Waals surface area contributed by atoms with Gasteiger partial charge in [0.1, 0.15) is 0 Å². The Morgan fingerprint density at radius 2 is 2.00 bits per heavy atom. The van der Waals surface area contributed by atoms with Gasteiger partial charge >= 0.3 is 0 Å². The SMILES string of the molecule is C=CCN(C(=O)c1ccc2c(c1)CCCC2)C1CCS(=O)(=O)C1. The summed E-state index contributed by atoms with van der Waals surface area (Å²) in [5.74, 6) is 0.153. The molecule has 1 heterocycles. The van der Waals surface area contributed by atoms with E-state index in [2.05, 4.69) is 12.6 Å². The first-order valence-corrected chi connectivity index (χ1v) is 10.1. The third-order valence-electron chi connectivity index (χ3n) is 4.83. The van der Waals surface area contributed by atoms with Crippen LogP contribution in [0.2, 0.25) is 0 Å². The molecule has 0 radical (unpaired) electrons. The van der Waals surface area contributed by atoms with Gasteiger partial charge in [0.15, 0.2) is 9.84 Å². The Balaban J connectivity index is 1.85. The summed E-state index contributed by atoms with van der Waals surface area (Å²) in [6.07, 6.45) is 6.68. The number of rotatable bonds is 4. The summed E-state index contributed by atoms with van der Waals surface area (Å²) >= 11 is 0. The number of nitrogens with zero attached hydrogens (tertiary/aromatic N) is 1. The first-order valence-electron chi connectivity index (χ1n) is 8.24. The van der Waals surface area contributed by atoms with Gasteiger partial charge in [0.2, 0.25) is 0 Å².